The summed E-state index contributed by atoms with van der Waals surface area (Å²) in [6.07, 6.45) is 13.3. The third-order valence-corrected chi connectivity index (χ3v) is 6.01. The van der Waals surface area contributed by atoms with Gasteiger partial charge in [-0.1, -0.05) is 56.3 Å². The number of benzene rings is 1. The molecule has 0 aliphatic heterocycles. The number of nitrogens with two attached hydrogens (primary N) is 1. The highest BCUT2D eigenvalue weighted by Crippen LogP contribution is 2.34. The van der Waals surface area contributed by atoms with Crippen LogP contribution in [0.2, 0.25) is 0 Å². The van der Waals surface area contributed by atoms with Crippen LogP contribution in [0.25, 0.3) is 10.9 Å². The van der Waals surface area contributed by atoms with Crippen LogP contribution >= 0.6 is 0 Å². The third-order valence-electron chi connectivity index (χ3n) is 6.01. The zero-order chi connectivity index (χ0) is 24.9. The number of unbranched alkanes of at least 4 members (excludes halogenated alkanes) is 5. The van der Waals surface area contributed by atoms with E-state index in [4.69, 9.17) is 15.2 Å². The Kier molecular flexibility index (Phi) is 11.8. The minimum Gasteiger partial charge on any atom is -0.485 e. The maximum atomic E-state index is 13.3. The smallest absolute Gasteiger partial charge is 0.297 e. The molecule has 0 saturated carbocycles. The van der Waals surface area contributed by atoms with Gasteiger partial charge in [-0.15, -0.1) is 0 Å². The van der Waals surface area contributed by atoms with E-state index in [1.807, 2.05) is 25.1 Å². The van der Waals surface area contributed by atoms with E-state index in [1.54, 1.807) is 4.57 Å². The van der Waals surface area contributed by atoms with Gasteiger partial charge in [-0.2, -0.15) is 0 Å². The van der Waals surface area contributed by atoms with Crippen molar-refractivity contribution >= 4 is 16.6 Å². The van der Waals surface area contributed by atoms with Gasteiger partial charge in [0.2, 0.25) is 5.75 Å². The quantitative estimate of drug-likeness (QED) is 0.168. The molecule has 0 atom stereocenters. The first-order valence-electron chi connectivity index (χ1n) is 12.9. The molecule has 1 heterocycles. The summed E-state index contributed by atoms with van der Waals surface area (Å²) in [5.74, 6) is 0.826. The molecule has 0 radical (unpaired) electrons. The Bertz CT molecular complexity index is 1030. The average Bonchev–Trinajstić information content (AvgIpc) is 2.79. The molecule has 2 aromatic rings. The lowest BCUT2D eigenvalue weighted by Gasteiger charge is -2.18. The van der Waals surface area contributed by atoms with Crippen LogP contribution < -0.4 is 20.8 Å². The van der Waals surface area contributed by atoms with Crippen molar-refractivity contribution in [1.29, 1.82) is 0 Å². The minimum atomic E-state index is -0.161. The van der Waals surface area contributed by atoms with E-state index < -0.39 is 0 Å². The normalized spacial score (nSPS) is 11.6. The van der Waals surface area contributed by atoms with Crippen LogP contribution in [0.4, 0.5) is 5.69 Å². The number of ether oxygens (including phenoxy) is 2. The maximum absolute atomic E-state index is 13.3. The van der Waals surface area contributed by atoms with Crippen molar-refractivity contribution in [1.82, 2.24) is 4.57 Å². The van der Waals surface area contributed by atoms with E-state index in [0.29, 0.717) is 36.9 Å². The van der Waals surface area contributed by atoms with Crippen molar-refractivity contribution in [3.05, 3.63) is 51.9 Å². The van der Waals surface area contributed by atoms with Gasteiger partial charge in [0.15, 0.2) is 5.75 Å². The monoisotopic (exact) mass is 468 g/mol. The van der Waals surface area contributed by atoms with Crippen LogP contribution in [0.3, 0.4) is 0 Å². The van der Waals surface area contributed by atoms with Crippen LogP contribution in [-0.2, 0) is 6.54 Å². The molecule has 0 aliphatic carbocycles. The Morgan fingerprint density at radius 1 is 0.971 bits per heavy atom. The van der Waals surface area contributed by atoms with Crippen molar-refractivity contribution in [2.24, 2.45) is 0 Å². The minimum absolute atomic E-state index is 0.161. The molecule has 34 heavy (non-hydrogen) atoms. The number of fused-ring (bicyclic) bond motifs is 1. The molecule has 0 aliphatic rings. The number of aryl methyl sites for hydroxylation is 1. The largest absolute Gasteiger partial charge is 0.485 e. The number of hydrogen-bond donors (Lipinski definition) is 1. The molecule has 188 valence electrons. The summed E-state index contributed by atoms with van der Waals surface area (Å²) >= 11 is 0. The first-order valence-corrected chi connectivity index (χ1v) is 12.9. The highest BCUT2D eigenvalue weighted by atomic mass is 16.5. The lowest BCUT2D eigenvalue weighted by molar-refractivity contribution is 0.272. The van der Waals surface area contributed by atoms with Gasteiger partial charge < -0.3 is 19.8 Å². The fourth-order valence-electron chi connectivity index (χ4n) is 4.01. The number of nitrogens with zero attached hydrogens (tertiary/aromatic N) is 1. The summed E-state index contributed by atoms with van der Waals surface area (Å²) < 4.78 is 14.0. The summed E-state index contributed by atoms with van der Waals surface area (Å²) in [6, 6.07) is 5.61. The molecule has 1 aromatic heterocycles. The topological polar surface area (TPSA) is 66.5 Å². The van der Waals surface area contributed by atoms with Crippen LogP contribution in [0, 0.1) is 0 Å². The van der Waals surface area contributed by atoms with Crippen molar-refractivity contribution in [2.45, 2.75) is 92.5 Å². The van der Waals surface area contributed by atoms with Crippen molar-refractivity contribution in [2.75, 3.05) is 18.9 Å². The van der Waals surface area contributed by atoms with Crippen molar-refractivity contribution in [3.63, 3.8) is 0 Å². The predicted octanol–water partition coefficient (Wildman–Crippen LogP) is 7.41. The number of anilines is 1. The summed E-state index contributed by atoms with van der Waals surface area (Å²) in [5.41, 5.74) is 9.87. The zero-order valence-corrected chi connectivity index (χ0v) is 21.9. The standard InChI is InChI=1S/C29H44N2O3/c1-6-8-9-10-11-12-19-33-28-27(34-20-18-23(5)15-13-14-22(3)4)25-17-16-24(30)21-26(25)31(7-2)29(28)32/h14,16-18,21H,6-13,15,19-20,30H2,1-5H3. The second kappa shape index (κ2) is 14.5. The molecule has 2 rings (SSSR count). The molecule has 0 fully saturated rings. The number of rotatable bonds is 15. The number of hydrogen-bond acceptors (Lipinski definition) is 4. The molecule has 0 unspecified atom stereocenters. The van der Waals surface area contributed by atoms with Crippen molar-refractivity contribution < 1.29 is 9.47 Å². The third kappa shape index (κ3) is 8.27. The maximum Gasteiger partial charge on any atom is 0.297 e. The van der Waals surface area contributed by atoms with Gasteiger partial charge in [-0.05, 0) is 71.2 Å². The molecule has 0 spiro atoms. The highest BCUT2D eigenvalue weighted by molar-refractivity contribution is 5.90. The number of allylic oxidation sites excluding steroid dienone is 3. The van der Waals surface area contributed by atoms with Crippen LogP contribution in [0.5, 0.6) is 11.5 Å². The summed E-state index contributed by atoms with van der Waals surface area (Å²) in [6.45, 7) is 12.0. The molecule has 1 aromatic carbocycles. The first kappa shape index (κ1) is 27.6. The summed E-state index contributed by atoms with van der Waals surface area (Å²) in [5, 5.41) is 0.851. The molecule has 0 amide bonds. The molecule has 5 heteroatoms. The van der Waals surface area contributed by atoms with E-state index in [-0.39, 0.29) is 5.56 Å². The second-order valence-corrected chi connectivity index (χ2v) is 9.28. The van der Waals surface area contributed by atoms with Gasteiger partial charge in [-0.25, -0.2) is 0 Å². The van der Waals surface area contributed by atoms with E-state index in [1.165, 1.54) is 36.8 Å². The summed E-state index contributed by atoms with van der Waals surface area (Å²) in [7, 11) is 0. The summed E-state index contributed by atoms with van der Waals surface area (Å²) in [4.78, 5) is 13.3. The Hall–Kier alpha value is -2.69. The number of nitrogen functional groups attached to an aromatic ring is 1. The fourth-order valence-corrected chi connectivity index (χ4v) is 4.01. The van der Waals surface area contributed by atoms with Gasteiger partial charge in [-0.3, -0.25) is 4.79 Å². The van der Waals surface area contributed by atoms with E-state index in [9.17, 15) is 4.79 Å². The zero-order valence-electron chi connectivity index (χ0n) is 21.9. The van der Waals surface area contributed by atoms with Crippen molar-refractivity contribution in [3.8, 4) is 11.5 Å². The Morgan fingerprint density at radius 3 is 2.41 bits per heavy atom. The van der Waals surface area contributed by atoms with Gasteiger partial charge in [0.1, 0.15) is 6.61 Å². The lowest BCUT2D eigenvalue weighted by Crippen LogP contribution is -2.23. The molecular formula is C29H44N2O3. The molecule has 2 N–H and O–H groups in total. The predicted molar refractivity (Wildman–Crippen MR) is 145 cm³/mol. The van der Waals surface area contributed by atoms with E-state index >= 15 is 0 Å². The van der Waals surface area contributed by atoms with Crippen LogP contribution in [-0.4, -0.2) is 17.8 Å². The SMILES string of the molecule is CCCCCCCCOc1c(OCC=C(C)CCC=C(C)C)c2ccc(N)cc2n(CC)c1=O. The van der Waals surface area contributed by atoms with Crippen LogP contribution in [0.15, 0.2) is 46.3 Å². The second-order valence-electron chi connectivity index (χ2n) is 9.28. The van der Waals surface area contributed by atoms with Gasteiger partial charge >= 0.3 is 0 Å². The van der Waals surface area contributed by atoms with E-state index in [0.717, 1.165) is 36.6 Å². The first-order chi connectivity index (χ1) is 16.4. The highest BCUT2D eigenvalue weighted by Gasteiger charge is 2.19. The lowest BCUT2D eigenvalue weighted by atomic mass is 10.1. The molecule has 5 nitrogen and oxygen atoms in total. The van der Waals surface area contributed by atoms with Gasteiger partial charge in [0.05, 0.1) is 12.1 Å². The average molecular weight is 469 g/mol. The van der Waals surface area contributed by atoms with Gasteiger partial charge in [0, 0.05) is 17.6 Å². The number of aromatic nitrogens is 1. The van der Waals surface area contributed by atoms with Crippen LogP contribution in [0.1, 0.15) is 86.0 Å². The Labute approximate surface area is 205 Å². The van der Waals surface area contributed by atoms with E-state index in [2.05, 4.69) is 39.8 Å². The Morgan fingerprint density at radius 2 is 1.71 bits per heavy atom. The fraction of sp³-hybridized carbons (Fsp3) is 0.552. The molecule has 0 bridgehead atoms. The van der Waals surface area contributed by atoms with Gasteiger partial charge in [0.25, 0.3) is 5.56 Å². The Balaban J connectivity index is 2.25. The number of pyridine rings is 1. The molecular weight excluding hydrogens is 424 g/mol. The molecule has 0 saturated heterocycles.